The Balaban J connectivity index is 1.90. The van der Waals surface area contributed by atoms with Crippen molar-refractivity contribution in [2.24, 2.45) is 0 Å². The fraction of sp³-hybridized carbons (Fsp3) is 0.667. The number of likely N-dealkylation sites (N-methyl/N-ethyl adjacent to an activating group) is 1. The van der Waals surface area contributed by atoms with Gasteiger partial charge in [0, 0.05) is 12.6 Å². The van der Waals surface area contributed by atoms with Crippen LogP contribution in [-0.4, -0.2) is 47.2 Å². The van der Waals surface area contributed by atoms with E-state index in [0.29, 0.717) is 17.6 Å². The number of nitrogens with zero attached hydrogens (tertiary/aromatic N) is 2. The smallest absolute Gasteiger partial charge is 0.273 e. The summed E-state index contributed by atoms with van der Waals surface area (Å²) in [5.41, 5.74) is 1.00. The molecule has 1 atom stereocenters. The number of nitrogens with one attached hydrogen (secondary N) is 2. The van der Waals surface area contributed by atoms with E-state index in [9.17, 15) is 4.79 Å². The van der Waals surface area contributed by atoms with Gasteiger partial charge in [0.2, 0.25) is 0 Å². The SMILES string of the molecule is Cc1[nH]nc(C(=O)NCC2CCCCN2C)c1Cl. The molecule has 1 amide bonds. The molecule has 1 aliphatic rings. The molecule has 0 aliphatic carbocycles. The molecule has 0 spiro atoms. The summed E-state index contributed by atoms with van der Waals surface area (Å²) in [5, 5.41) is 9.94. The number of hydrogen-bond acceptors (Lipinski definition) is 3. The van der Waals surface area contributed by atoms with Gasteiger partial charge in [-0.3, -0.25) is 9.89 Å². The Hall–Kier alpha value is -1.07. The Labute approximate surface area is 112 Å². The van der Waals surface area contributed by atoms with Crippen molar-refractivity contribution in [1.29, 1.82) is 0 Å². The van der Waals surface area contributed by atoms with Crippen LogP contribution in [-0.2, 0) is 0 Å². The van der Waals surface area contributed by atoms with Gasteiger partial charge in [-0.15, -0.1) is 0 Å². The van der Waals surface area contributed by atoms with Crippen LogP contribution in [0.25, 0.3) is 0 Å². The lowest BCUT2D eigenvalue weighted by molar-refractivity contribution is 0.0923. The number of carbonyl (C=O) groups is 1. The molecule has 1 fully saturated rings. The van der Waals surface area contributed by atoms with E-state index in [2.05, 4.69) is 27.5 Å². The van der Waals surface area contributed by atoms with Crippen LogP contribution in [0.2, 0.25) is 5.02 Å². The quantitative estimate of drug-likeness (QED) is 0.877. The Morgan fingerprint density at radius 1 is 1.61 bits per heavy atom. The van der Waals surface area contributed by atoms with Crippen LogP contribution in [0.1, 0.15) is 35.4 Å². The summed E-state index contributed by atoms with van der Waals surface area (Å²) in [7, 11) is 2.10. The minimum Gasteiger partial charge on any atom is -0.349 e. The zero-order valence-corrected chi connectivity index (χ0v) is 11.5. The highest BCUT2D eigenvalue weighted by molar-refractivity contribution is 6.34. The molecule has 1 aromatic heterocycles. The lowest BCUT2D eigenvalue weighted by Crippen LogP contribution is -2.44. The monoisotopic (exact) mass is 270 g/mol. The minimum atomic E-state index is -0.205. The largest absolute Gasteiger partial charge is 0.349 e. The van der Waals surface area contributed by atoms with Crippen molar-refractivity contribution >= 4 is 17.5 Å². The van der Waals surface area contributed by atoms with E-state index in [0.717, 1.165) is 18.7 Å². The van der Waals surface area contributed by atoms with Gasteiger partial charge in [-0.05, 0) is 33.4 Å². The molecule has 2 N–H and O–H groups in total. The number of halogens is 1. The van der Waals surface area contributed by atoms with Gasteiger partial charge in [-0.25, -0.2) is 0 Å². The molecule has 1 aliphatic heterocycles. The molecular weight excluding hydrogens is 252 g/mol. The maximum absolute atomic E-state index is 11.9. The molecule has 0 saturated carbocycles. The van der Waals surface area contributed by atoms with E-state index >= 15 is 0 Å². The molecule has 2 heterocycles. The minimum absolute atomic E-state index is 0.205. The summed E-state index contributed by atoms with van der Waals surface area (Å²) in [6, 6.07) is 0.418. The molecule has 0 bridgehead atoms. The third-order valence-corrected chi connectivity index (χ3v) is 3.97. The van der Waals surface area contributed by atoms with Crippen LogP contribution < -0.4 is 5.32 Å². The standard InChI is InChI=1S/C12H19ClN4O/c1-8-10(13)11(16-15-8)12(18)14-7-9-5-3-4-6-17(9)2/h9H,3-7H2,1-2H3,(H,14,18)(H,15,16). The third-order valence-electron chi connectivity index (χ3n) is 3.51. The summed E-state index contributed by atoms with van der Waals surface area (Å²) in [6.07, 6.45) is 3.60. The van der Waals surface area contributed by atoms with Crippen LogP contribution in [0, 0.1) is 6.92 Å². The number of aromatic amines is 1. The van der Waals surface area contributed by atoms with Gasteiger partial charge < -0.3 is 10.2 Å². The molecule has 2 rings (SSSR count). The first-order chi connectivity index (χ1) is 8.59. The van der Waals surface area contributed by atoms with Crippen LogP contribution in [0.15, 0.2) is 0 Å². The number of piperidine rings is 1. The number of H-pyrrole nitrogens is 1. The van der Waals surface area contributed by atoms with Gasteiger partial charge in [-0.1, -0.05) is 18.0 Å². The summed E-state index contributed by atoms with van der Waals surface area (Å²) in [5.74, 6) is -0.205. The van der Waals surface area contributed by atoms with Crippen LogP contribution in [0.4, 0.5) is 0 Å². The average molecular weight is 271 g/mol. The van der Waals surface area contributed by atoms with Crippen LogP contribution in [0.5, 0.6) is 0 Å². The zero-order chi connectivity index (χ0) is 13.1. The highest BCUT2D eigenvalue weighted by Gasteiger charge is 2.21. The van der Waals surface area contributed by atoms with Crippen molar-refractivity contribution in [2.75, 3.05) is 20.1 Å². The zero-order valence-electron chi connectivity index (χ0n) is 10.8. The van der Waals surface area contributed by atoms with Crippen molar-refractivity contribution in [3.05, 3.63) is 16.4 Å². The predicted molar refractivity (Wildman–Crippen MR) is 70.9 cm³/mol. The van der Waals surface area contributed by atoms with E-state index in [1.54, 1.807) is 6.92 Å². The summed E-state index contributed by atoms with van der Waals surface area (Å²) in [6.45, 7) is 3.54. The average Bonchev–Trinajstić information content (AvgIpc) is 2.69. The topological polar surface area (TPSA) is 61.0 Å². The summed E-state index contributed by atoms with van der Waals surface area (Å²) in [4.78, 5) is 14.2. The Bertz CT molecular complexity index is 432. The maximum atomic E-state index is 11.9. The van der Waals surface area contributed by atoms with Crippen LogP contribution >= 0.6 is 11.6 Å². The molecule has 1 unspecified atom stereocenters. The first kappa shape index (κ1) is 13.4. The Morgan fingerprint density at radius 3 is 3.00 bits per heavy atom. The first-order valence-corrected chi connectivity index (χ1v) is 6.66. The Kier molecular flexibility index (Phi) is 4.24. The second kappa shape index (κ2) is 5.71. The van der Waals surface area contributed by atoms with Crippen molar-refractivity contribution in [2.45, 2.75) is 32.2 Å². The second-order valence-electron chi connectivity index (χ2n) is 4.85. The predicted octanol–water partition coefficient (Wildman–Crippen LogP) is 1.59. The molecular formula is C12H19ClN4O. The fourth-order valence-corrected chi connectivity index (χ4v) is 2.43. The number of carbonyl (C=O) groups excluding carboxylic acids is 1. The number of likely N-dealkylation sites (tertiary alicyclic amines) is 1. The molecule has 1 aromatic rings. The van der Waals surface area contributed by atoms with E-state index < -0.39 is 0 Å². The van der Waals surface area contributed by atoms with Gasteiger partial charge in [0.05, 0.1) is 10.7 Å². The van der Waals surface area contributed by atoms with Gasteiger partial charge in [0.15, 0.2) is 5.69 Å². The summed E-state index contributed by atoms with van der Waals surface area (Å²) >= 11 is 5.99. The molecule has 6 heteroatoms. The molecule has 5 nitrogen and oxygen atoms in total. The van der Waals surface area contributed by atoms with Crippen molar-refractivity contribution in [1.82, 2.24) is 20.4 Å². The highest BCUT2D eigenvalue weighted by atomic mass is 35.5. The number of rotatable bonds is 3. The van der Waals surface area contributed by atoms with Crippen LogP contribution in [0.3, 0.4) is 0 Å². The number of aromatic nitrogens is 2. The number of amides is 1. The van der Waals surface area contributed by atoms with Gasteiger partial charge in [0.1, 0.15) is 0 Å². The molecule has 18 heavy (non-hydrogen) atoms. The normalized spacial score (nSPS) is 20.9. The third kappa shape index (κ3) is 2.84. The van der Waals surface area contributed by atoms with E-state index in [1.807, 2.05) is 0 Å². The van der Waals surface area contributed by atoms with Crippen molar-refractivity contribution in [3.63, 3.8) is 0 Å². The second-order valence-corrected chi connectivity index (χ2v) is 5.23. The molecule has 100 valence electrons. The molecule has 0 radical (unpaired) electrons. The maximum Gasteiger partial charge on any atom is 0.273 e. The van der Waals surface area contributed by atoms with Gasteiger partial charge in [0.25, 0.3) is 5.91 Å². The first-order valence-electron chi connectivity index (χ1n) is 6.28. The Morgan fingerprint density at radius 2 is 2.39 bits per heavy atom. The number of aryl methyl sites for hydroxylation is 1. The lowest BCUT2D eigenvalue weighted by Gasteiger charge is -2.32. The molecule has 1 saturated heterocycles. The fourth-order valence-electron chi connectivity index (χ4n) is 2.26. The van der Waals surface area contributed by atoms with E-state index in [-0.39, 0.29) is 11.6 Å². The van der Waals surface area contributed by atoms with E-state index in [4.69, 9.17) is 11.6 Å². The number of hydrogen-bond donors (Lipinski definition) is 2. The van der Waals surface area contributed by atoms with Gasteiger partial charge in [-0.2, -0.15) is 5.10 Å². The van der Waals surface area contributed by atoms with Crippen molar-refractivity contribution < 1.29 is 4.79 Å². The van der Waals surface area contributed by atoms with Gasteiger partial charge >= 0.3 is 0 Å². The lowest BCUT2D eigenvalue weighted by atomic mass is 10.0. The highest BCUT2D eigenvalue weighted by Crippen LogP contribution is 2.17. The van der Waals surface area contributed by atoms with E-state index in [1.165, 1.54) is 12.8 Å². The molecule has 0 aromatic carbocycles. The summed E-state index contributed by atoms with van der Waals surface area (Å²) < 4.78 is 0. The van der Waals surface area contributed by atoms with Crippen molar-refractivity contribution in [3.8, 4) is 0 Å².